The molecule has 1 aliphatic rings. The number of hydrogen-bond donors (Lipinski definition) is 8. The first-order chi connectivity index (χ1) is 32.9. The van der Waals surface area contributed by atoms with Crippen molar-refractivity contribution in [2.24, 2.45) is 29.1 Å². The molecule has 382 valence electrons. The molecule has 2 aromatic carbocycles. The molecule has 0 saturated heterocycles. The lowest BCUT2D eigenvalue weighted by atomic mass is 9.95. The van der Waals surface area contributed by atoms with Crippen LogP contribution in [0.2, 0.25) is 0 Å². The van der Waals surface area contributed by atoms with Crippen molar-refractivity contribution in [3.8, 4) is 0 Å². The van der Waals surface area contributed by atoms with Crippen LogP contribution < -0.4 is 43.5 Å². The number of anilines is 1. The van der Waals surface area contributed by atoms with E-state index in [1.807, 2.05) is 67.3 Å². The van der Waals surface area contributed by atoms with Gasteiger partial charge in [0.25, 0.3) is 0 Å². The highest BCUT2D eigenvalue weighted by molar-refractivity contribution is 6.01. The molecule has 2 aromatic rings. The number of rotatable bonds is 32. The molecule has 3 atom stereocenters. The Bertz CT molecular complexity index is 2050. The number of carbonyl (C=O) groups excluding carboxylic acids is 6. The number of ketones is 1. The van der Waals surface area contributed by atoms with Crippen molar-refractivity contribution in [2.75, 3.05) is 70.8 Å². The largest absolute Gasteiger partial charge is 0.481 e. The molecule has 0 saturated carbocycles. The summed E-state index contributed by atoms with van der Waals surface area (Å²) in [6.45, 7) is 11.5. The highest BCUT2D eigenvalue weighted by Crippen LogP contribution is 2.37. The summed E-state index contributed by atoms with van der Waals surface area (Å²) in [7, 11) is 0. The van der Waals surface area contributed by atoms with Crippen LogP contribution in [0.15, 0.2) is 48.5 Å². The quantitative estimate of drug-likeness (QED) is 0.0296. The number of urea groups is 1. The van der Waals surface area contributed by atoms with Crippen molar-refractivity contribution in [2.45, 2.75) is 97.8 Å². The van der Waals surface area contributed by atoms with Gasteiger partial charge < -0.3 is 66.7 Å². The number of primary amides is 1. The maximum Gasteiger partial charge on any atom is 0.312 e. The van der Waals surface area contributed by atoms with E-state index in [1.165, 1.54) is 6.92 Å². The molecule has 0 radical (unpaired) electrons. The summed E-state index contributed by atoms with van der Waals surface area (Å²) in [6.07, 6.45) is 0.163. The van der Waals surface area contributed by atoms with Gasteiger partial charge in [-0.1, -0.05) is 70.2 Å². The number of carboxylic acid groups (broad SMARTS) is 1. The molecular formula is C48H73N9O12. The van der Waals surface area contributed by atoms with E-state index < -0.39 is 60.2 Å². The van der Waals surface area contributed by atoms with Crippen LogP contribution in [0.4, 0.5) is 10.5 Å². The molecule has 11 N–H and O–H groups in total. The summed E-state index contributed by atoms with van der Waals surface area (Å²) < 4.78 is 22.5. The van der Waals surface area contributed by atoms with E-state index in [9.17, 15) is 38.7 Å². The molecule has 0 aromatic heterocycles. The minimum absolute atomic E-state index is 0.00491. The fourth-order valence-corrected chi connectivity index (χ4v) is 7.30. The van der Waals surface area contributed by atoms with E-state index in [1.54, 1.807) is 18.9 Å². The third kappa shape index (κ3) is 20.2. The van der Waals surface area contributed by atoms with Gasteiger partial charge in [0.2, 0.25) is 23.6 Å². The summed E-state index contributed by atoms with van der Waals surface area (Å²) >= 11 is 0. The minimum Gasteiger partial charge on any atom is -0.481 e. The summed E-state index contributed by atoms with van der Waals surface area (Å²) in [5.74, 6) is 2.97. The first kappa shape index (κ1) is 57.2. The fourth-order valence-electron chi connectivity index (χ4n) is 7.30. The number of ether oxygens (including phenoxy) is 4. The summed E-state index contributed by atoms with van der Waals surface area (Å²) in [5, 5.41) is 21.0. The van der Waals surface area contributed by atoms with Gasteiger partial charge in [-0.3, -0.25) is 28.8 Å². The number of carboxylic acids is 1. The average molecular weight is 968 g/mol. The number of carbonyl (C=O) groups is 7. The Kier molecular flexibility index (Phi) is 25.2. The van der Waals surface area contributed by atoms with Crippen LogP contribution in [-0.4, -0.2) is 136 Å². The smallest absolute Gasteiger partial charge is 0.312 e. The number of nitrogens with one attached hydrogen (secondary N) is 4. The molecule has 0 bridgehead atoms. The van der Waals surface area contributed by atoms with E-state index in [0.29, 0.717) is 57.1 Å². The number of nitrogens with zero attached hydrogens (tertiary/aromatic N) is 2. The Balaban J connectivity index is 1.36. The van der Waals surface area contributed by atoms with Crippen molar-refractivity contribution in [3.05, 3.63) is 65.2 Å². The van der Waals surface area contributed by atoms with E-state index in [4.69, 9.17) is 36.3 Å². The molecule has 0 fully saturated rings. The number of Topliss-reactive ketones (excluding diaryl/α,β-unsaturated/α-hetero) is 1. The molecule has 0 spiro atoms. The van der Waals surface area contributed by atoms with Crippen LogP contribution in [0.25, 0.3) is 11.4 Å². The highest BCUT2D eigenvalue weighted by Gasteiger charge is 2.32. The van der Waals surface area contributed by atoms with E-state index >= 15 is 0 Å². The number of hydrazine groups is 1. The summed E-state index contributed by atoms with van der Waals surface area (Å²) in [4.78, 5) is 89.1. The lowest BCUT2D eigenvalue weighted by Gasteiger charge is -2.33. The number of amides is 6. The lowest BCUT2D eigenvalue weighted by molar-refractivity contribution is -0.138. The number of benzene rings is 2. The zero-order valence-electron chi connectivity index (χ0n) is 40.6. The SMILES string of the molecule is CC(=O)C(CCCNC(N)=O)NC(=O)C(NC(=O)C(CCC(=O)O)NC(=O)CCOCCOCCOCCOCCN(N)/C1=C(\N)c2ccccc2CN(C(=O)CC(C)C)c2ccccc21)C(C)C. The van der Waals surface area contributed by atoms with Crippen LogP contribution in [0.1, 0.15) is 89.8 Å². The van der Waals surface area contributed by atoms with E-state index in [-0.39, 0.29) is 76.4 Å². The van der Waals surface area contributed by atoms with Crippen molar-refractivity contribution >= 4 is 58.5 Å². The Morgan fingerprint density at radius 2 is 1.33 bits per heavy atom. The van der Waals surface area contributed by atoms with E-state index in [0.717, 1.165) is 22.4 Å². The third-order valence-corrected chi connectivity index (χ3v) is 10.9. The number of fused-ring (bicyclic) bond motifs is 2. The van der Waals surface area contributed by atoms with Gasteiger partial charge in [-0.25, -0.2) is 10.6 Å². The zero-order valence-corrected chi connectivity index (χ0v) is 40.6. The molecule has 1 aliphatic heterocycles. The summed E-state index contributed by atoms with van der Waals surface area (Å²) in [6, 6.07) is 11.4. The molecule has 0 aliphatic carbocycles. The van der Waals surface area contributed by atoms with Crippen LogP contribution in [-0.2, 0) is 54.3 Å². The number of nitrogens with two attached hydrogens (primary N) is 3. The third-order valence-electron chi connectivity index (χ3n) is 10.9. The molecule has 6 amide bonds. The van der Waals surface area contributed by atoms with Gasteiger partial charge in [-0.05, 0) is 49.7 Å². The molecule has 1 heterocycles. The second kappa shape index (κ2) is 30.4. The second-order valence-electron chi connectivity index (χ2n) is 17.3. The first-order valence-corrected chi connectivity index (χ1v) is 23.4. The Morgan fingerprint density at radius 1 is 0.739 bits per heavy atom. The second-order valence-corrected chi connectivity index (χ2v) is 17.3. The van der Waals surface area contributed by atoms with Crippen LogP contribution in [0.3, 0.4) is 0 Å². The molecule has 3 unspecified atom stereocenters. The molecule has 21 heteroatoms. The maximum atomic E-state index is 13.5. The highest BCUT2D eigenvalue weighted by atomic mass is 16.6. The normalized spacial score (nSPS) is 14.6. The van der Waals surface area contributed by atoms with Crippen LogP contribution in [0, 0.1) is 11.8 Å². The lowest BCUT2D eigenvalue weighted by Crippen LogP contribution is -2.57. The van der Waals surface area contributed by atoms with Gasteiger partial charge in [0.15, 0.2) is 5.78 Å². The Labute approximate surface area is 404 Å². The maximum absolute atomic E-state index is 13.5. The number of para-hydroxylation sites is 1. The van der Waals surface area contributed by atoms with Gasteiger partial charge in [-0.2, -0.15) is 0 Å². The molecule has 21 nitrogen and oxygen atoms in total. The predicted molar refractivity (Wildman–Crippen MR) is 258 cm³/mol. The fraction of sp³-hybridized carbons (Fsp3) is 0.562. The number of aliphatic carboxylic acids is 1. The van der Waals surface area contributed by atoms with Gasteiger partial charge in [0.05, 0.1) is 89.1 Å². The summed E-state index contributed by atoms with van der Waals surface area (Å²) in [5.41, 5.74) is 16.2. The predicted octanol–water partition coefficient (Wildman–Crippen LogP) is 2.01. The minimum atomic E-state index is -1.26. The molecule has 3 rings (SSSR count). The van der Waals surface area contributed by atoms with Crippen LogP contribution >= 0.6 is 0 Å². The van der Waals surface area contributed by atoms with Gasteiger partial charge in [0.1, 0.15) is 12.1 Å². The van der Waals surface area contributed by atoms with Gasteiger partial charge in [-0.15, -0.1) is 0 Å². The Hall–Kier alpha value is -6.13. The zero-order chi connectivity index (χ0) is 50.9. The van der Waals surface area contributed by atoms with Gasteiger partial charge in [0, 0.05) is 36.9 Å². The van der Waals surface area contributed by atoms with Crippen molar-refractivity contribution in [3.63, 3.8) is 0 Å². The molecule has 69 heavy (non-hydrogen) atoms. The van der Waals surface area contributed by atoms with Crippen molar-refractivity contribution in [1.82, 2.24) is 26.3 Å². The number of hydrogen-bond acceptors (Lipinski definition) is 14. The van der Waals surface area contributed by atoms with Crippen molar-refractivity contribution < 1.29 is 57.6 Å². The molecular weight excluding hydrogens is 895 g/mol. The topological polar surface area (TPSA) is 309 Å². The van der Waals surface area contributed by atoms with Crippen LogP contribution in [0.5, 0.6) is 0 Å². The standard InChI is InChI=1S/C48H73N9O12/c1-31(2)29-41(60)56-30-34-11-6-7-12-35(34)43(49)45(36-13-8-9-15-39(36)56)57(51)20-22-67-24-26-69-28-27-68-25-23-66-21-18-40(59)53-38(16-17-42(61)62)46(63)55-44(32(3)4)47(64)54-37(33(5)58)14-10-19-52-48(50)65/h6-9,11-13,15,31-32,37-38,44H,10,14,16-30,49,51H2,1-5H3,(H,53,59)(H,54,64)(H,55,63)(H,61,62)(H3,50,52,65)/b45-43-. The Morgan fingerprint density at radius 3 is 1.93 bits per heavy atom. The average Bonchev–Trinajstić information content (AvgIpc) is 3.28. The van der Waals surface area contributed by atoms with E-state index in [2.05, 4.69) is 21.3 Å². The monoisotopic (exact) mass is 968 g/mol. The van der Waals surface area contributed by atoms with Crippen molar-refractivity contribution in [1.29, 1.82) is 0 Å². The first-order valence-electron chi connectivity index (χ1n) is 23.4. The van der Waals surface area contributed by atoms with Gasteiger partial charge >= 0.3 is 12.0 Å².